The number of rotatable bonds is 7. The van der Waals surface area contributed by atoms with Crippen molar-refractivity contribution in [3.63, 3.8) is 0 Å². The van der Waals surface area contributed by atoms with E-state index >= 15 is 0 Å². The molecule has 0 saturated heterocycles. The molecule has 2 aromatic rings. The van der Waals surface area contributed by atoms with E-state index in [0.29, 0.717) is 33.2 Å². The number of benzene rings is 2. The Balaban J connectivity index is 2.62. The maximum absolute atomic E-state index is 5.94. The number of hydrogen-bond donors (Lipinski definition) is 0. The molecule has 0 aliphatic rings. The van der Waals surface area contributed by atoms with Gasteiger partial charge in [0.25, 0.3) is 0 Å². The average Bonchev–Trinajstić information content (AvgIpc) is 2.78. The second kappa shape index (κ2) is 12.1. The van der Waals surface area contributed by atoms with E-state index in [0.717, 1.165) is 27.6 Å². The molecule has 36 heavy (non-hydrogen) atoms. The molecule has 0 N–H and O–H groups in total. The predicted octanol–water partition coefficient (Wildman–Crippen LogP) is 9.99. The molecule has 0 spiro atoms. The van der Waals surface area contributed by atoms with Crippen molar-refractivity contribution in [1.29, 1.82) is 0 Å². The van der Waals surface area contributed by atoms with Gasteiger partial charge in [0.1, 0.15) is 21.9 Å². The van der Waals surface area contributed by atoms with E-state index in [2.05, 4.69) is 136 Å². The van der Waals surface area contributed by atoms with Crippen molar-refractivity contribution in [3.8, 4) is 28.7 Å². The highest BCUT2D eigenvalue weighted by atomic mass is 28.3. The van der Waals surface area contributed by atoms with Crippen molar-refractivity contribution < 1.29 is 4.74 Å². The molecule has 1 nitrogen and oxygen atoms in total. The minimum atomic E-state index is -1.81. The Morgan fingerprint density at radius 1 is 0.583 bits per heavy atom. The lowest BCUT2D eigenvalue weighted by molar-refractivity contribution is 0.418. The van der Waals surface area contributed by atoms with Gasteiger partial charge in [-0.05, 0) is 62.9 Å². The average molecular weight is 519 g/mol. The first-order valence-electron chi connectivity index (χ1n) is 13.9. The summed E-state index contributed by atoms with van der Waals surface area (Å²) in [6.45, 7) is 28.3. The molecular weight excluding hydrogens is 469 g/mol. The van der Waals surface area contributed by atoms with Crippen molar-refractivity contribution in [1.82, 2.24) is 0 Å². The van der Waals surface area contributed by atoms with Gasteiger partial charge in [-0.3, -0.25) is 0 Å². The second-order valence-electron chi connectivity index (χ2n) is 12.4. The molecule has 0 radical (unpaired) electrons. The lowest BCUT2D eigenvalue weighted by Crippen LogP contribution is -2.43. The highest BCUT2D eigenvalue weighted by molar-refractivity contribution is 6.91. The van der Waals surface area contributed by atoms with Gasteiger partial charge in [-0.1, -0.05) is 101 Å². The van der Waals surface area contributed by atoms with Gasteiger partial charge in [0.2, 0.25) is 0 Å². The van der Waals surface area contributed by atoms with E-state index in [-0.39, 0.29) is 0 Å². The van der Waals surface area contributed by atoms with Gasteiger partial charge in [0.05, 0.1) is 12.7 Å². The third-order valence-corrected chi connectivity index (χ3v) is 21.3. The Morgan fingerprint density at radius 3 is 1.44 bits per heavy atom. The fourth-order valence-electron chi connectivity index (χ4n) is 6.92. The minimum absolute atomic E-state index is 0.607. The van der Waals surface area contributed by atoms with E-state index in [1.165, 1.54) is 0 Å². The minimum Gasteiger partial charge on any atom is -0.495 e. The molecule has 196 valence electrons. The van der Waals surface area contributed by atoms with E-state index in [9.17, 15) is 0 Å². The van der Waals surface area contributed by atoms with E-state index in [1.54, 1.807) is 7.11 Å². The first-order valence-corrected chi connectivity index (χ1v) is 18.4. The molecular formula is C33H50OSi2. The van der Waals surface area contributed by atoms with Gasteiger partial charge in [-0.25, -0.2) is 0 Å². The van der Waals surface area contributed by atoms with Crippen LogP contribution >= 0.6 is 0 Å². The van der Waals surface area contributed by atoms with Crippen molar-refractivity contribution in [2.24, 2.45) is 0 Å². The van der Waals surface area contributed by atoms with Crippen molar-refractivity contribution in [2.75, 3.05) is 7.11 Å². The van der Waals surface area contributed by atoms with Crippen LogP contribution in [0, 0.1) is 22.9 Å². The first-order chi connectivity index (χ1) is 16.7. The summed E-state index contributed by atoms with van der Waals surface area (Å²) in [4.78, 5) is 0. The van der Waals surface area contributed by atoms with Gasteiger partial charge < -0.3 is 4.74 Å². The van der Waals surface area contributed by atoms with Gasteiger partial charge >= 0.3 is 0 Å². The van der Waals surface area contributed by atoms with Gasteiger partial charge in [-0.15, -0.1) is 11.1 Å². The molecule has 0 atom stereocenters. The Labute approximate surface area is 224 Å². The molecule has 3 heteroatoms. The molecule has 2 rings (SSSR count). The van der Waals surface area contributed by atoms with Crippen molar-refractivity contribution in [2.45, 2.75) is 116 Å². The highest BCUT2D eigenvalue weighted by Gasteiger charge is 2.42. The molecule has 0 fully saturated rings. The smallest absolute Gasteiger partial charge is 0.146 e. The summed E-state index contributed by atoms with van der Waals surface area (Å²) in [5.74, 6) is 8.09. The van der Waals surface area contributed by atoms with E-state index in [1.807, 2.05) is 0 Å². The zero-order valence-corrected chi connectivity index (χ0v) is 27.3. The predicted molar refractivity (Wildman–Crippen MR) is 166 cm³/mol. The largest absolute Gasteiger partial charge is 0.495 e. The Morgan fingerprint density at radius 2 is 1.03 bits per heavy atom. The molecule has 0 amide bonds. The van der Waals surface area contributed by atoms with E-state index < -0.39 is 16.1 Å². The maximum atomic E-state index is 5.94. The molecule has 0 unspecified atom stereocenters. The second-order valence-corrected chi connectivity index (χ2v) is 23.5. The number of fused-ring (bicyclic) bond motifs is 1. The van der Waals surface area contributed by atoms with Crippen LogP contribution < -0.4 is 4.74 Å². The molecule has 0 aromatic heterocycles. The van der Waals surface area contributed by atoms with Crippen LogP contribution in [0.15, 0.2) is 30.3 Å². The van der Waals surface area contributed by atoms with E-state index in [4.69, 9.17) is 4.74 Å². The molecule has 0 heterocycles. The molecule has 0 aliphatic carbocycles. The first kappa shape index (κ1) is 30.3. The summed E-state index contributed by atoms with van der Waals surface area (Å²) in [7, 11) is -1.81. The Kier molecular flexibility index (Phi) is 10.1. The van der Waals surface area contributed by atoms with Crippen LogP contribution in [0.25, 0.3) is 10.8 Å². The molecule has 2 aromatic carbocycles. The highest BCUT2D eigenvalue weighted by Crippen LogP contribution is 2.42. The molecule has 0 saturated carbocycles. The number of ether oxygens (including phenoxy) is 1. The Bertz CT molecular complexity index is 1120. The van der Waals surface area contributed by atoms with Crippen LogP contribution in [0.5, 0.6) is 5.75 Å². The van der Waals surface area contributed by atoms with Gasteiger partial charge in [0.15, 0.2) is 0 Å². The monoisotopic (exact) mass is 518 g/mol. The fourth-order valence-corrected chi connectivity index (χ4v) is 17.4. The summed E-state index contributed by atoms with van der Waals surface area (Å²) < 4.78 is 5.94. The zero-order chi connectivity index (χ0) is 27.4. The third kappa shape index (κ3) is 5.64. The fraction of sp³-hybridized carbons (Fsp3) is 0.576. The zero-order valence-electron chi connectivity index (χ0n) is 25.3. The summed E-state index contributed by atoms with van der Waals surface area (Å²) in [5, 5.41) is 2.27. The third-order valence-electron chi connectivity index (χ3n) is 8.74. The standard InChI is InChI=1S/C33H50OSi2/c1-23(2)35(24(3)4,25(5)6)20-18-29-14-17-32-31(22-29)16-15-30(33(32)34-13)19-21-36(26(7)8,27(9)10)28(11)12/h14-17,22-28H,1-13H3. The lowest BCUT2D eigenvalue weighted by Gasteiger charge is -2.38. The van der Waals surface area contributed by atoms with Gasteiger partial charge in [0, 0.05) is 10.9 Å². The van der Waals surface area contributed by atoms with Crippen LogP contribution in [0.1, 0.15) is 94.2 Å². The van der Waals surface area contributed by atoms with Crippen molar-refractivity contribution >= 4 is 26.9 Å². The summed E-state index contributed by atoms with van der Waals surface area (Å²) in [6.07, 6.45) is 0. The van der Waals surface area contributed by atoms with Crippen LogP contribution in [-0.2, 0) is 0 Å². The van der Waals surface area contributed by atoms with Crippen LogP contribution in [0.2, 0.25) is 33.2 Å². The van der Waals surface area contributed by atoms with Gasteiger partial charge in [-0.2, -0.15) is 0 Å². The summed E-state index contributed by atoms with van der Waals surface area (Å²) in [5.41, 5.74) is 13.5. The van der Waals surface area contributed by atoms with Crippen molar-refractivity contribution in [3.05, 3.63) is 41.5 Å². The molecule has 0 bridgehead atoms. The van der Waals surface area contributed by atoms with Crippen LogP contribution in [-0.4, -0.2) is 23.3 Å². The topological polar surface area (TPSA) is 9.23 Å². The normalized spacial score (nSPS) is 12.5. The maximum Gasteiger partial charge on any atom is 0.146 e. The SMILES string of the molecule is COc1c(C#C[Si](C(C)C)(C(C)C)C(C)C)ccc2cc(C#C[Si](C(C)C)(C(C)C)C(C)C)ccc12. The van der Waals surface area contributed by atoms with Crippen LogP contribution in [0.4, 0.5) is 0 Å². The molecule has 0 aliphatic heterocycles. The summed E-state index contributed by atoms with van der Waals surface area (Å²) in [6, 6.07) is 10.9. The lowest BCUT2D eigenvalue weighted by atomic mass is 10.0. The summed E-state index contributed by atoms with van der Waals surface area (Å²) >= 11 is 0. The number of methoxy groups -OCH3 is 1. The Hall–Kier alpha value is -1.95. The quantitative estimate of drug-likeness (QED) is 0.262. The number of hydrogen-bond acceptors (Lipinski definition) is 1. The van der Waals surface area contributed by atoms with Crippen LogP contribution in [0.3, 0.4) is 0 Å².